The van der Waals surface area contributed by atoms with E-state index in [1.807, 2.05) is 47.4 Å². The molecule has 31 heavy (non-hydrogen) atoms. The summed E-state index contributed by atoms with van der Waals surface area (Å²) in [6.07, 6.45) is 4.07. The number of nitrogens with one attached hydrogen (secondary N) is 2. The number of likely N-dealkylation sites (tertiary alicyclic amines) is 1. The fourth-order valence-electron chi connectivity index (χ4n) is 3.91. The van der Waals surface area contributed by atoms with Gasteiger partial charge in [0.15, 0.2) is 0 Å². The highest BCUT2D eigenvalue weighted by Gasteiger charge is 2.21. The quantitative estimate of drug-likeness (QED) is 0.534. The molecule has 0 saturated carbocycles. The molecule has 0 bridgehead atoms. The van der Waals surface area contributed by atoms with Gasteiger partial charge in [-0.05, 0) is 61.6 Å². The Morgan fingerprint density at radius 1 is 0.968 bits per heavy atom. The van der Waals surface area contributed by atoms with Crippen molar-refractivity contribution in [2.24, 2.45) is 0 Å². The number of anilines is 1. The van der Waals surface area contributed by atoms with Crippen molar-refractivity contribution in [3.8, 4) is 11.3 Å². The van der Waals surface area contributed by atoms with Crippen LogP contribution < -0.4 is 5.32 Å². The minimum Gasteiger partial charge on any atom is -0.358 e. The molecule has 4 rings (SSSR count). The summed E-state index contributed by atoms with van der Waals surface area (Å²) in [7, 11) is 0. The lowest BCUT2D eigenvalue weighted by atomic mass is 10.1. The number of carbonyl (C=O) groups is 2. The second kappa shape index (κ2) is 9.84. The van der Waals surface area contributed by atoms with E-state index in [2.05, 4.69) is 10.3 Å². The van der Waals surface area contributed by atoms with Crippen LogP contribution in [0.2, 0.25) is 5.02 Å². The summed E-state index contributed by atoms with van der Waals surface area (Å²) in [5.74, 6) is -0.200. The summed E-state index contributed by atoms with van der Waals surface area (Å²) in [6, 6.07) is 19.1. The number of aromatic amines is 1. The Bertz CT molecular complexity index is 1060. The molecule has 2 aromatic carbocycles. The Labute approximate surface area is 187 Å². The molecule has 2 N–H and O–H groups in total. The normalized spacial score (nSPS) is 13.8. The van der Waals surface area contributed by atoms with Gasteiger partial charge in [0.1, 0.15) is 0 Å². The van der Waals surface area contributed by atoms with Gasteiger partial charge >= 0.3 is 0 Å². The second-order valence-corrected chi connectivity index (χ2v) is 8.29. The predicted octanol–water partition coefficient (Wildman–Crippen LogP) is 5.53. The molecule has 5 nitrogen and oxygen atoms in total. The van der Waals surface area contributed by atoms with Gasteiger partial charge in [0, 0.05) is 35.9 Å². The Hall–Kier alpha value is -3.05. The molecule has 1 aliphatic rings. The van der Waals surface area contributed by atoms with Crippen molar-refractivity contribution in [3.63, 3.8) is 0 Å². The number of aryl methyl sites for hydroxylation is 1. The summed E-state index contributed by atoms with van der Waals surface area (Å²) >= 11 is 6.14. The van der Waals surface area contributed by atoms with Gasteiger partial charge in [-0.2, -0.15) is 0 Å². The molecule has 1 aliphatic heterocycles. The molecule has 0 atom stereocenters. The fraction of sp³-hybridized carbons (Fsp3) is 0.280. The maximum atomic E-state index is 13.0. The summed E-state index contributed by atoms with van der Waals surface area (Å²) in [5.41, 5.74) is 4.10. The number of benzene rings is 2. The first-order valence-corrected chi connectivity index (χ1v) is 11.1. The zero-order chi connectivity index (χ0) is 21.6. The van der Waals surface area contributed by atoms with Gasteiger partial charge in [0.05, 0.1) is 11.3 Å². The summed E-state index contributed by atoms with van der Waals surface area (Å²) in [5, 5.41) is 3.38. The van der Waals surface area contributed by atoms with Crippen LogP contribution >= 0.6 is 11.6 Å². The maximum absolute atomic E-state index is 13.0. The number of amides is 2. The summed E-state index contributed by atoms with van der Waals surface area (Å²) in [4.78, 5) is 30.8. The van der Waals surface area contributed by atoms with Crippen molar-refractivity contribution >= 4 is 29.1 Å². The smallest absolute Gasteiger partial charge is 0.255 e. The van der Waals surface area contributed by atoms with Crippen molar-refractivity contribution in [2.45, 2.75) is 32.1 Å². The highest BCUT2D eigenvalue weighted by atomic mass is 35.5. The second-order valence-electron chi connectivity index (χ2n) is 7.85. The lowest BCUT2D eigenvalue weighted by Crippen LogP contribution is -2.36. The number of hydrogen-bond donors (Lipinski definition) is 2. The highest BCUT2D eigenvalue weighted by Crippen LogP contribution is 2.25. The van der Waals surface area contributed by atoms with Crippen molar-refractivity contribution in [1.29, 1.82) is 0 Å². The average molecular weight is 436 g/mol. The van der Waals surface area contributed by atoms with E-state index in [-0.39, 0.29) is 11.8 Å². The molecule has 0 aliphatic carbocycles. The molecule has 2 amide bonds. The zero-order valence-corrected chi connectivity index (χ0v) is 18.1. The minimum absolute atomic E-state index is 0.0523. The molecule has 1 fully saturated rings. The van der Waals surface area contributed by atoms with Crippen LogP contribution in [-0.4, -0.2) is 34.8 Å². The Morgan fingerprint density at radius 2 is 1.74 bits per heavy atom. The molecule has 160 valence electrons. The van der Waals surface area contributed by atoms with Crippen LogP contribution in [0.25, 0.3) is 11.3 Å². The first kappa shape index (κ1) is 21.2. The third kappa shape index (κ3) is 5.36. The summed E-state index contributed by atoms with van der Waals surface area (Å²) < 4.78 is 0. The van der Waals surface area contributed by atoms with Gasteiger partial charge in [-0.25, -0.2) is 0 Å². The number of nitrogens with zero attached hydrogens (tertiary/aromatic N) is 1. The molecule has 2 heterocycles. The molecular formula is C25H26ClN3O2. The first-order chi connectivity index (χ1) is 15.1. The van der Waals surface area contributed by atoms with Gasteiger partial charge in [0.25, 0.3) is 5.91 Å². The van der Waals surface area contributed by atoms with Crippen molar-refractivity contribution < 1.29 is 9.59 Å². The van der Waals surface area contributed by atoms with Crippen LogP contribution in [0, 0.1) is 0 Å². The molecular weight excluding hydrogens is 410 g/mol. The van der Waals surface area contributed by atoms with E-state index >= 15 is 0 Å². The molecule has 0 spiro atoms. The van der Waals surface area contributed by atoms with Gasteiger partial charge in [-0.15, -0.1) is 0 Å². The number of aromatic nitrogens is 1. The van der Waals surface area contributed by atoms with Crippen molar-refractivity contribution in [1.82, 2.24) is 9.88 Å². The monoisotopic (exact) mass is 435 g/mol. The van der Waals surface area contributed by atoms with Crippen LogP contribution in [0.3, 0.4) is 0 Å². The SMILES string of the molecule is O=C(CCc1ccc(-c2ccccc2)[nH]1)Nc1cc(Cl)ccc1C(=O)N1CCCCC1. The number of rotatable bonds is 6. The standard InChI is InChI=1S/C25H26ClN3O2/c26-19-9-12-21(25(31)29-15-5-2-6-16-29)23(17-19)28-24(30)14-11-20-10-13-22(27-20)18-7-3-1-4-8-18/h1,3-4,7-10,12-13,17,27H,2,5-6,11,14-16H2,(H,28,30). The number of halogens is 1. The van der Waals surface area contributed by atoms with Crippen LogP contribution in [0.1, 0.15) is 41.7 Å². The third-order valence-electron chi connectivity index (χ3n) is 5.58. The molecule has 1 aromatic heterocycles. The molecule has 6 heteroatoms. The third-order valence-corrected chi connectivity index (χ3v) is 5.82. The number of H-pyrrole nitrogens is 1. The fourth-order valence-corrected chi connectivity index (χ4v) is 4.08. The van der Waals surface area contributed by atoms with E-state index in [4.69, 9.17) is 11.6 Å². The van der Waals surface area contributed by atoms with E-state index in [0.29, 0.717) is 29.1 Å². The van der Waals surface area contributed by atoms with Crippen LogP contribution in [0.15, 0.2) is 60.7 Å². The van der Waals surface area contributed by atoms with Crippen LogP contribution in [-0.2, 0) is 11.2 Å². The number of hydrogen-bond acceptors (Lipinski definition) is 2. The lowest BCUT2D eigenvalue weighted by Gasteiger charge is -2.27. The summed E-state index contributed by atoms with van der Waals surface area (Å²) in [6.45, 7) is 1.51. The Morgan fingerprint density at radius 3 is 2.52 bits per heavy atom. The van der Waals surface area contributed by atoms with Crippen molar-refractivity contribution in [3.05, 3.63) is 76.9 Å². The lowest BCUT2D eigenvalue weighted by molar-refractivity contribution is -0.116. The van der Waals surface area contributed by atoms with Crippen LogP contribution in [0.5, 0.6) is 0 Å². The van der Waals surface area contributed by atoms with Crippen molar-refractivity contribution in [2.75, 3.05) is 18.4 Å². The minimum atomic E-state index is -0.147. The zero-order valence-electron chi connectivity index (χ0n) is 17.4. The molecule has 0 unspecified atom stereocenters. The molecule has 0 radical (unpaired) electrons. The van der Waals surface area contributed by atoms with E-state index in [1.165, 1.54) is 0 Å². The Balaban J connectivity index is 1.40. The number of piperidine rings is 1. The Kier molecular flexibility index (Phi) is 6.73. The van der Waals surface area contributed by atoms with Gasteiger partial charge in [-0.3, -0.25) is 9.59 Å². The van der Waals surface area contributed by atoms with E-state index in [1.54, 1.807) is 18.2 Å². The van der Waals surface area contributed by atoms with E-state index in [0.717, 1.165) is 49.3 Å². The van der Waals surface area contributed by atoms with Gasteiger partial charge < -0.3 is 15.2 Å². The number of carbonyl (C=O) groups excluding carboxylic acids is 2. The van der Waals surface area contributed by atoms with E-state index in [9.17, 15) is 9.59 Å². The highest BCUT2D eigenvalue weighted by molar-refractivity contribution is 6.31. The topological polar surface area (TPSA) is 65.2 Å². The van der Waals surface area contributed by atoms with Gasteiger partial charge in [-0.1, -0.05) is 41.9 Å². The average Bonchev–Trinajstić information content (AvgIpc) is 3.28. The largest absolute Gasteiger partial charge is 0.358 e. The first-order valence-electron chi connectivity index (χ1n) is 10.7. The predicted molar refractivity (Wildman–Crippen MR) is 124 cm³/mol. The maximum Gasteiger partial charge on any atom is 0.255 e. The van der Waals surface area contributed by atoms with Crippen LogP contribution in [0.4, 0.5) is 5.69 Å². The van der Waals surface area contributed by atoms with Gasteiger partial charge in [0.2, 0.25) is 5.91 Å². The van der Waals surface area contributed by atoms with E-state index < -0.39 is 0 Å². The molecule has 1 saturated heterocycles. The molecule has 3 aromatic rings.